The normalized spacial score (nSPS) is 19.7. The third-order valence-corrected chi connectivity index (χ3v) is 4.09. The topological polar surface area (TPSA) is 37.4 Å². The Balaban J connectivity index is 1.82. The number of morpholine rings is 1. The first-order chi connectivity index (χ1) is 9.09. The smallest absolute Gasteiger partial charge is 0.107 e. The molecule has 0 bridgehead atoms. The second-order valence-corrected chi connectivity index (χ2v) is 6.67. The molecule has 0 aliphatic carbocycles. The summed E-state index contributed by atoms with van der Waals surface area (Å²) in [5, 5.41) is 6.77. The van der Waals surface area contributed by atoms with Gasteiger partial charge in [-0.25, -0.2) is 4.98 Å². The number of aromatic nitrogens is 1. The van der Waals surface area contributed by atoms with E-state index in [1.54, 1.807) is 11.3 Å². The predicted molar refractivity (Wildman–Crippen MR) is 79.4 cm³/mol. The van der Waals surface area contributed by atoms with Crippen molar-refractivity contribution in [2.24, 2.45) is 0 Å². The van der Waals surface area contributed by atoms with Gasteiger partial charge in [-0.3, -0.25) is 4.90 Å². The zero-order valence-corrected chi connectivity index (χ0v) is 13.1. The van der Waals surface area contributed by atoms with Crippen molar-refractivity contribution in [2.75, 3.05) is 26.2 Å². The van der Waals surface area contributed by atoms with Gasteiger partial charge in [0, 0.05) is 31.6 Å². The Hall–Kier alpha value is -0.490. The van der Waals surface area contributed by atoms with Gasteiger partial charge in [0.1, 0.15) is 5.01 Å². The first kappa shape index (κ1) is 14.9. The van der Waals surface area contributed by atoms with Gasteiger partial charge in [0.2, 0.25) is 0 Å². The van der Waals surface area contributed by atoms with Gasteiger partial charge in [0.15, 0.2) is 0 Å². The largest absolute Gasteiger partial charge is 0.373 e. The van der Waals surface area contributed by atoms with Crippen LogP contribution in [-0.4, -0.2) is 41.7 Å². The Morgan fingerprint density at radius 1 is 1.53 bits per heavy atom. The van der Waals surface area contributed by atoms with Crippen molar-refractivity contribution in [3.8, 4) is 0 Å². The Morgan fingerprint density at radius 2 is 2.37 bits per heavy atom. The summed E-state index contributed by atoms with van der Waals surface area (Å²) < 4.78 is 5.73. The van der Waals surface area contributed by atoms with E-state index in [9.17, 15) is 0 Å². The summed E-state index contributed by atoms with van der Waals surface area (Å²) >= 11 is 1.76. The van der Waals surface area contributed by atoms with Gasteiger partial charge in [-0.15, -0.1) is 11.3 Å². The van der Waals surface area contributed by atoms with E-state index in [2.05, 4.69) is 36.4 Å². The molecule has 5 heteroatoms. The van der Waals surface area contributed by atoms with Crippen molar-refractivity contribution in [1.82, 2.24) is 15.2 Å². The van der Waals surface area contributed by atoms with Crippen LogP contribution in [0.4, 0.5) is 0 Å². The van der Waals surface area contributed by atoms with Crippen LogP contribution in [0.2, 0.25) is 0 Å². The molecule has 0 saturated carbocycles. The number of nitrogens with one attached hydrogen (secondary N) is 1. The average molecular weight is 283 g/mol. The highest BCUT2D eigenvalue weighted by atomic mass is 32.1. The molecule has 0 aromatic carbocycles. The number of hydrogen-bond donors (Lipinski definition) is 1. The van der Waals surface area contributed by atoms with E-state index in [1.807, 2.05) is 0 Å². The Labute approximate surface area is 120 Å². The molecular formula is C14H25N3OS. The zero-order chi connectivity index (χ0) is 13.7. The Kier molecular flexibility index (Phi) is 5.33. The van der Waals surface area contributed by atoms with Crippen LogP contribution < -0.4 is 5.32 Å². The molecule has 1 aliphatic rings. The highest BCUT2D eigenvalue weighted by Crippen LogP contribution is 2.19. The van der Waals surface area contributed by atoms with Gasteiger partial charge >= 0.3 is 0 Å². The summed E-state index contributed by atoms with van der Waals surface area (Å²) in [6.45, 7) is 12.2. The summed E-state index contributed by atoms with van der Waals surface area (Å²) in [5.41, 5.74) is 1.16. The van der Waals surface area contributed by atoms with Gasteiger partial charge in [-0.05, 0) is 26.8 Å². The van der Waals surface area contributed by atoms with Crippen molar-refractivity contribution in [2.45, 2.75) is 45.9 Å². The molecular weight excluding hydrogens is 258 g/mol. The first-order valence-corrected chi connectivity index (χ1v) is 7.97. The number of ether oxygens (including phenoxy) is 1. The quantitative estimate of drug-likeness (QED) is 0.813. The van der Waals surface area contributed by atoms with Crippen LogP contribution in [0.5, 0.6) is 0 Å². The summed E-state index contributed by atoms with van der Waals surface area (Å²) in [7, 11) is 0. The molecule has 0 unspecified atom stereocenters. The summed E-state index contributed by atoms with van der Waals surface area (Å²) in [4.78, 5) is 7.13. The molecule has 2 heterocycles. The fourth-order valence-corrected chi connectivity index (χ4v) is 3.11. The molecule has 1 aliphatic heterocycles. The molecule has 4 nitrogen and oxygen atoms in total. The van der Waals surface area contributed by atoms with Crippen LogP contribution in [0.25, 0.3) is 0 Å². The fourth-order valence-electron chi connectivity index (χ4n) is 2.35. The third kappa shape index (κ3) is 4.84. The third-order valence-electron chi connectivity index (χ3n) is 3.19. The minimum Gasteiger partial charge on any atom is -0.373 e. The number of nitrogens with zero attached hydrogens (tertiary/aromatic N) is 2. The summed E-state index contributed by atoms with van der Waals surface area (Å²) in [6, 6.07) is 0. The zero-order valence-electron chi connectivity index (χ0n) is 12.2. The lowest BCUT2D eigenvalue weighted by Gasteiger charge is -2.37. The van der Waals surface area contributed by atoms with Crippen LogP contribution in [0.3, 0.4) is 0 Å². The molecule has 0 amide bonds. The second-order valence-electron chi connectivity index (χ2n) is 5.73. The predicted octanol–water partition coefficient (Wildman–Crippen LogP) is 2.25. The molecule has 108 valence electrons. The van der Waals surface area contributed by atoms with Crippen LogP contribution >= 0.6 is 11.3 Å². The molecule has 1 aromatic heterocycles. The number of thiazole rings is 1. The van der Waals surface area contributed by atoms with Crippen molar-refractivity contribution >= 4 is 11.3 Å². The van der Waals surface area contributed by atoms with E-state index < -0.39 is 0 Å². The van der Waals surface area contributed by atoms with Crippen molar-refractivity contribution in [1.29, 1.82) is 0 Å². The molecule has 1 N–H and O–H groups in total. The van der Waals surface area contributed by atoms with Gasteiger partial charge in [0.25, 0.3) is 0 Å². The van der Waals surface area contributed by atoms with Gasteiger partial charge < -0.3 is 10.1 Å². The summed E-state index contributed by atoms with van der Waals surface area (Å²) in [6.07, 6.45) is 1.17. The molecule has 0 radical (unpaired) electrons. The lowest BCUT2D eigenvalue weighted by atomic mass is 10.1. The molecule has 1 fully saturated rings. The van der Waals surface area contributed by atoms with E-state index >= 15 is 0 Å². The van der Waals surface area contributed by atoms with Crippen LogP contribution in [0.1, 0.15) is 37.9 Å². The highest BCUT2D eigenvalue weighted by molar-refractivity contribution is 7.09. The monoisotopic (exact) mass is 283 g/mol. The van der Waals surface area contributed by atoms with Crippen molar-refractivity contribution in [3.05, 3.63) is 16.1 Å². The Morgan fingerprint density at radius 3 is 3.11 bits per heavy atom. The van der Waals surface area contributed by atoms with Crippen molar-refractivity contribution < 1.29 is 4.74 Å². The lowest BCUT2D eigenvalue weighted by molar-refractivity contribution is -0.0884. The highest BCUT2D eigenvalue weighted by Gasteiger charge is 2.27. The van der Waals surface area contributed by atoms with E-state index in [-0.39, 0.29) is 5.60 Å². The maximum atomic E-state index is 5.73. The minimum absolute atomic E-state index is 0.0280. The number of hydrogen-bond acceptors (Lipinski definition) is 5. The summed E-state index contributed by atoms with van der Waals surface area (Å²) in [5.74, 6) is 0. The first-order valence-electron chi connectivity index (χ1n) is 7.09. The van der Waals surface area contributed by atoms with Crippen LogP contribution in [0, 0.1) is 0 Å². The molecule has 19 heavy (non-hydrogen) atoms. The molecule has 1 saturated heterocycles. The van der Waals surface area contributed by atoms with Gasteiger partial charge in [0.05, 0.1) is 17.9 Å². The standard InChI is InChI=1S/C14H25N3OS/c1-4-5-15-8-13-16-12(10-19-13)9-17-6-7-18-14(2,3)11-17/h10,15H,4-9,11H2,1-3H3. The average Bonchev–Trinajstić information content (AvgIpc) is 2.76. The van der Waals surface area contributed by atoms with E-state index in [1.165, 1.54) is 17.1 Å². The number of rotatable bonds is 6. The second kappa shape index (κ2) is 6.79. The fraction of sp³-hybridized carbons (Fsp3) is 0.786. The van der Waals surface area contributed by atoms with Gasteiger partial charge in [-0.2, -0.15) is 0 Å². The molecule has 1 aromatic rings. The maximum absolute atomic E-state index is 5.73. The molecule has 0 atom stereocenters. The van der Waals surface area contributed by atoms with Crippen LogP contribution in [-0.2, 0) is 17.8 Å². The SMILES string of the molecule is CCCNCc1nc(CN2CCOC(C)(C)C2)cs1. The molecule has 2 rings (SSSR count). The van der Waals surface area contributed by atoms with Crippen LogP contribution in [0.15, 0.2) is 5.38 Å². The molecule has 0 spiro atoms. The van der Waals surface area contributed by atoms with Crippen molar-refractivity contribution in [3.63, 3.8) is 0 Å². The lowest BCUT2D eigenvalue weighted by Crippen LogP contribution is -2.47. The van der Waals surface area contributed by atoms with E-state index in [0.717, 1.165) is 39.3 Å². The van der Waals surface area contributed by atoms with E-state index in [0.29, 0.717) is 0 Å². The minimum atomic E-state index is -0.0280. The Bertz CT molecular complexity index is 392. The van der Waals surface area contributed by atoms with Gasteiger partial charge in [-0.1, -0.05) is 6.92 Å². The maximum Gasteiger partial charge on any atom is 0.107 e. The van der Waals surface area contributed by atoms with E-state index in [4.69, 9.17) is 9.72 Å².